The molecule has 0 aromatic heterocycles. The maximum absolute atomic E-state index is 11.0. The van der Waals surface area contributed by atoms with Gasteiger partial charge in [0.2, 0.25) is 0 Å². The van der Waals surface area contributed by atoms with Crippen LogP contribution in [-0.4, -0.2) is 20.1 Å². The normalized spacial score (nSPS) is 10.3. The van der Waals surface area contributed by atoms with Crippen LogP contribution in [0.5, 0.6) is 0 Å². The maximum atomic E-state index is 11.0. The Bertz CT molecular complexity index is 39.9. The molecule has 0 aromatic rings. The first-order valence-corrected chi connectivity index (χ1v) is 1.71. The molecule has 0 atom stereocenters. The SMILES string of the molecule is COOCC(F)F. The predicted molar refractivity (Wildman–Crippen MR) is 19.0 cm³/mol. The third kappa shape index (κ3) is 5.78. The van der Waals surface area contributed by atoms with Crippen molar-refractivity contribution < 1.29 is 18.6 Å². The Morgan fingerprint density at radius 3 is 2.29 bits per heavy atom. The molecule has 0 amide bonds. The predicted octanol–water partition coefficient (Wildman–Crippen LogP) is 0.830. The summed E-state index contributed by atoms with van der Waals surface area (Å²) in [6.45, 7) is -0.656. The van der Waals surface area contributed by atoms with Crippen molar-refractivity contribution in [1.29, 1.82) is 0 Å². The van der Waals surface area contributed by atoms with E-state index in [1.807, 2.05) is 0 Å². The summed E-state index contributed by atoms with van der Waals surface area (Å²) >= 11 is 0. The van der Waals surface area contributed by atoms with Crippen LogP contribution in [-0.2, 0) is 9.78 Å². The Kier molecular flexibility index (Phi) is 3.83. The lowest BCUT2D eigenvalue weighted by Crippen LogP contribution is -2.02. The average Bonchev–Trinajstić information content (AvgIpc) is 1.61. The zero-order valence-electron chi connectivity index (χ0n) is 3.86. The second kappa shape index (κ2) is 3.95. The molecule has 0 saturated heterocycles. The Morgan fingerprint density at radius 2 is 2.14 bits per heavy atom. The van der Waals surface area contributed by atoms with Crippen LogP contribution in [0, 0.1) is 0 Å². The summed E-state index contributed by atoms with van der Waals surface area (Å²) in [5.74, 6) is 0. The van der Waals surface area contributed by atoms with Crippen LogP contribution in [0.1, 0.15) is 0 Å². The highest BCUT2D eigenvalue weighted by atomic mass is 19.3. The van der Waals surface area contributed by atoms with Gasteiger partial charge in [0.25, 0.3) is 6.43 Å². The number of rotatable bonds is 3. The fraction of sp³-hybridized carbons (Fsp3) is 1.00. The third-order valence-corrected chi connectivity index (χ3v) is 0.312. The molecule has 0 bridgehead atoms. The van der Waals surface area contributed by atoms with Crippen molar-refractivity contribution in [3.8, 4) is 0 Å². The van der Waals surface area contributed by atoms with Crippen molar-refractivity contribution in [2.24, 2.45) is 0 Å². The van der Waals surface area contributed by atoms with E-state index in [1.165, 1.54) is 7.11 Å². The first-order valence-electron chi connectivity index (χ1n) is 1.71. The van der Waals surface area contributed by atoms with Gasteiger partial charge < -0.3 is 0 Å². The Labute approximate surface area is 40.0 Å². The molecule has 0 aliphatic rings. The summed E-state index contributed by atoms with van der Waals surface area (Å²) < 4.78 is 22.0. The number of hydrogen-bond acceptors (Lipinski definition) is 2. The van der Waals surface area contributed by atoms with E-state index in [4.69, 9.17) is 0 Å². The smallest absolute Gasteiger partial charge is 0.240 e. The van der Waals surface area contributed by atoms with Crippen LogP contribution < -0.4 is 0 Å². The fourth-order valence-electron chi connectivity index (χ4n) is 0.119. The van der Waals surface area contributed by atoms with Gasteiger partial charge in [0, 0.05) is 0 Å². The van der Waals surface area contributed by atoms with E-state index in [-0.39, 0.29) is 0 Å². The van der Waals surface area contributed by atoms with E-state index >= 15 is 0 Å². The van der Waals surface area contributed by atoms with Gasteiger partial charge in [0.15, 0.2) is 0 Å². The van der Waals surface area contributed by atoms with Gasteiger partial charge in [-0.15, -0.1) is 0 Å². The van der Waals surface area contributed by atoms with Crippen molar-refractivity contribution in [2.75, 3.05) is 13.7 Å². The van der Waals surface area contributed by atoms with Gasteiger partial charge in [0.05, 0.1) is 7.11 Å². The lowest BCUT2D eigenvalue weighted by molar-refractivity contribution is -0.287. The minimum Gasteiger partial charge on any atom is -0.240 e. The molecule has 44 valence electrons. The van der Waals surface area contributed by atoms with Crippen LogP contribution in [0.4, 0.5) is 8.78 Å². The van der Waals surface area contributed by atoms with Gasteiger partial charge in [0.1, 0.15) is 6.61 Å². The molecule has 0 aromatic carbocycles. The van der Waals surface area contributed by atoms with Gasteiger partial charge in [-0.3, -0.25) is 0 Å². The molecule has 0 aliphatic carbocycles. The van der Waals surface area contributed by atoms with Crippen molar-refractivity contribution in [2.45, 2.75) is 6.43 Å². The minimum atomic E-state index is -2.44. The Balaban J connectivity index is 2.68. The molecule has 0 fully saturated rings. The molecule has 0 aliphatic heterocycles. The zero-order valence-corrected chi connectivity index (χ0v) is 3.86. The summed E-state index contributed by atoms with van der Waals surface area (Å²) in [7, 11) is 1.18. The first kappa shape index (κ1) is 6.78. The first-order chi connectivity index (χ1) is 3.27. The molecule has 0 spiro atoms. The molecule has 4 heteroatoms. The van der Waals surface area contributed by atoms with Gasteiger partial charge in [-0.2, -0.15) is 0 Å². The molecule has 0 N–H and O–H groups in total. The molecular weight excluding hydrogens is 106 g/mol. The quantitative estimate of drug-likeness (QED) is 0.397. The Morgan fingerprint density at radius 1 is 1.57 bits per heavy atom. The summed E-state index contributed by atoms with van der Waals surface area (Å²) in [4.78, 5) is 7.72. The lowest BCUT2D eigenvalue weighted by Gasteiger charge is -1.94. The van der Waals surface area contributed by atoms with Crippen molar-refractivity contribution in [3.63, 3.8) is 0 Å². The monoisotopic (exact) mass is 112 g/mol. The van der Waals surface area contributed by atoms with Gasteiger partial charge >= 0.3 is 0 Å². The molecule has 0 heterocycles. The van der Waals surface area contributed by atoms with E-state index in [9.17, 15) is 8.78 Å². The highest BCUT2D eigenvalue weighted by molar-refractivity contribution is 4.25. The van der Waals surface area contributed by atoms with Crippen LogP contribution in [0.2, 0.25) is 0 Å². The molecule has 0 saturated carbocycles. The highest BCUT2D eigenvalue weighted by Crippen LogP contribution is 1.90. The summed E-state index contributed by atoms with van der Waals surface area (Å²) in [6, 6.07) is 0. The van der Waals surface area contributed by atoms with Crippen LogP contribution >= 0.6 is 0 Å². The number of hydrogen-bond donors (Lipinski definition) is 0. The number of alkyl halides is 2. The van der Waals surface area contributed by atoms with Gasteiger partial charge in [-0.05, 0) is 0 Å². The summed E-state index contributed by atoms with van der Waals surface area (Å²) in [6.07, 6.45) is -2.44. The second-order valence-electron chi connectivity index (χ2n) is 0.842. The van der Waals surface area contributed by atoms with Gasteiger partial charge in [-0.1, -0.05) is 0 Å². The number of halogens is 2. The molecule has 0 radical (unpaired) electrons. The minimum absolute atomic E-state index is 0.656. The standard InChI is InChI=1S/C3H6F2O2/c1-6-7-2-3(4)5/h3H,2H2,1H3. The summed E-state index contributed by atoms with van der Waals surface area (Å²) in [5.41, 5.74) is 0. The topological polar surface area (TPSA) is 18.5 Å². The fourth-order valence-corrected chi connectivity index (χ4v) is 0.119. The molecule has 2 nitrogen and oxygen atoms in total. The van der Waals surface area contributed by atoms with Crippen LogP contribution in [0.25, 0.3) is 0 Å². The molecular formula is C3H6F2O2. The largest absolute Gasteiger partial charge is 0.264 e. The van der Waals surface area contributed by atoms with E-state index in [0.29, 0.717) is 0 Å². The Hall–Kier alpha value is -0.220. The third-order valence-electron chi connectivity index (χ3n) is 0.312. The molecule has 7 heavy (non-hydrogen) atoms. The van der Waals surface area contributed by atoms with Crippen molar-refractivity contribution in [1.82, 2.24) is 0 Å². The van der Waals surface area contributed by atoms with Gasteiger partial charge in [-0.25, -0.2) is 18.6 Å². The highest BCUT2D eigenvalue weighted by Gasteiger charge is 1.99. The second-order valence-corrected chi connectivity index (χ2v) is 0.842. The van der Waals surface area contributed by atoms with E-state index < -0.39 is 13.0 Å². The average molecular weight is 112 g/mol. The molecule has 0 rings (SSSR count). The lowest BCUT2D eigenvalue weighted by atomic mass is 10.8. The van der Waals surface area contributed by atoms with Crippen molar-refractivity contribution in [3.05, 3.63) is 0 Å². The van der Waals surface area contributed by atoms with E-state index in [2.05, 4.69) is 9.78 Å². The zero-order chi connectivity index (χ0) is 5.70. The van der Waals surface area contributed by atoms with Crippen LogP contribution in [0.3, 0.4) is 0 Å². The molecule has 0 unspecified atom stereocenters. The maximum Gasteiger partial charge on any atom is 0.264 e. The van der Waals surface area contributed by atoms with E-state index in [1.54, 1.807) is 0 Å². The summed E-state index contributed by atoms with van der Waals surface area (Å²) in [5, 5.41) is 0. The van der Waals surface area contributed by atoms with Crippen molar-refractivity contribution >= 4 is 0 Å². The van der Waals surface area contributed by atoms with E-state index in [0.717, 1.165) is 0 Å². The van der Waals surface area contributed by atoms with Crippen LogP contribution in [0.15, 0.2) is 0 Å².